The van der Waals surface area contributed by atoms with Crippen molar-refractivity contribution in [3.05, 3.63) is 48.0 Å². The van der Waals surface area contributed by atoms with Gasteiger partial charge < -0.3 is 10.2 Å². The van der Waals surface area contributed by atoms with Gasteiger partial charge in [0.25, 0.3) is 0 Å². The van der Waals surface area contributed by atoms with E-state index in [1.165, 1.54) is 16.3 Å². The maximum atomic E-state index is 12.1. The van der Waals surface area contributed by atoms with Crippen molar-refractivity contribution in [2.45, 2.75) is 19.0 Å². The fourth-order valence-electron chi connectivity index (χ4n) is 2.80. The van der Waals surface area contributed by atoms with Crippen LogP contribution in [0.2, 0.25) is 0 Å². The zero-order valence-electron chi connectivity index (χ0n) is 11.1. The fourth-order valence-corrected chi connectivity index (χ4v) is 2.80. The van der Waals surface area contributed by atoms with Gasteiger partial charge in [-0.1, -0.05) is 42.5 Å². The molecule has 1 fully saturated rings. The molecule has 0 radical (unpaired) electrons. The number of likely N-dealkylation sites (tertiary alicyclic amines) is 1. The lowest BCUT2D eigenvalue weighted by Crippen LogP contribution is -2.35. The predicted molar refractivity (Wildman–Crippen MR) is 76.8 cm³/mol. The van der Waals surface area contributed by atoms with Crippen LogP contribution in [0.15, 0.2) is 42.5 Å². The van der Waals surface area contributed by atoms with Crippen molar-refractivity contribution < 1.29 is 4.79 Å². The van der Waals surface area contributed by atoms with Gasteiger partial charge in [0, 0.05) is 13.1 Å². The Labute approximate surface area is 113 Å². The Hall–Kier alpha value is -1.87. The first-order valence-electron chi connectivity index (χ1n) is 6.72. The molecule has 1 heterocycles. The normalized spacial score (nSPS) is 19.3. The maximum Gasteiger partial charge on any atom is 0.240 e. The first kappa shape index (κ1) is 12.2. The van der Waals surface area contributed by atoms with Crippen molar-refractivity contribution in [2.24, 2.45) is 0 Å². The van der Waals surface area contributed by atoms with Crippen molar-refractivity contribution in [1.82, 2.24) is 10.2 Å². The number of amides is 1. The Morgan fingerprint density at radius 2 is 2.00 bits per heavy atom. The third-order valence-electron chi connectivity index (χ3n) is 3.89. The molecule has 0 spiro atoms. The number of rotatable bonds is 3. The van der Waals surface area contributed by atoms with Crippen LogP contribution < -0.4 is 5.32 Å². The summed E-state index contributed by atoms with van der Waals surface area (Å²) in [6.07, 6.45) is 0.903. The largest absolute Gasteiger partial charge is 0.337 e. The lowest BCUT2D eigenvalue weighted by Gasteiger charge is -2.18. The van der Waals surface area contributed by atoms with Gasteiger partial charge in [0.05, 0.1) is 6.04 Å². The van der Waals surface area contributed by atoms with Crippen molar-refractivity contribution in [3.63, 3.8) is 0 Å². The number of carbonyl (C=O) groups excluding carboxylic acids is 1. The Morgan fingerprint density at radius 1 is 1.21 bits per heavy atom. The van der Waals surface area contributed by atoms with Crippen molar-refractivity contribution in [3.8, 4) is 0 Å². The molecule has 3 rings (SSSR count). The van der Waals surface area contributed by atoms with Gasteiger partial charge in [-0.25, -0.2) is 0 Å². The second kappa shape index (κ2) is 5.02. The molecule has 3 nitrogen and oxygen atoms in total. The van der Waals surface area contributed by atoms with Crippen LogP contribution in [-0.4, -0.2) is 30.4 Å². The van der Waals surface area contributed by atoms with Crippen LogP contribution in [0.25, 0.3) is 10.8 Å². The van der Waals surface area contributed by atoms with E-state index < -0.39 is 0 Å². The molecular weight excluding hydrogens is 236 g/mol. The highest BCUT2D eigenvalue weighted by molar-refractivity contribution is 5.87. The number of nitrogens with zero attached hydrogens (tertiary/aromatic N) is 1. The molecule has 1 aliphatic heterocycles. The van der Waals surface area contributed by atoms with E-state index in [1.807, 2.05) is 24.1 Å². The Morgan fingerprint density at radius 3 is 2.79 bits per heavy atom. The van der Waals surface area contributed by atoms with E-state index in [0.717, 1.165) is 13.0 Å². The number of carbonyl (C=O) groups is 1. The average Bonchev–Trinajstić information content (AvgIpc) is 2.80. The molecule has 0 aromatic heterocycles. The molecule has 1 atom stereocenters. The second-order valence-corrected chi connectivity index (χ2v) is 5.03. The summed E-state index contributed by atoms with van der Waals surface area (Å²) in [7, 11) is 1.85. The van der Waals surface area contributed by atoms with E-state index in [0.29, 0.717) is 6.54 Å². The lowest BCUT2D eigenvalue weighted by molar-refractivity contribution is -0.129. The molecule has 19 heavy (non-hydrogen) atoms. The molecule has 98 valence electrons. The van der Waals surface area contributed by atoms with Gasteiger partial charge in [-0.05, 0) is 29.8 Å². The number of hydrogen-bond acceptors (Lipinski definition) is 2. The highest BCUT2D eigenvalue weighted by Crippen LogP contribution is 2.22. The molecule has 1 saturated heterocycles. The second-order valence-electron chi connectivity index (χ2n) is 5.03. The van der Waals surface area contributed by atoms with Crippen LogP contribution in [0, 0.1) is 0 Å². The highest BCUT2D eigenvalue weighted by Gasteiger charge is 2.30. The van der Waals surface area contributed by atoms with Gasteiger partial charge >= 0.3 is 0 Å². The number of nitrogens with one attached hydrogen (secondary N) is 1. The predicted octanol–water partition coefficient (Wildman–Crippen LogP) is 2.16. The number of benzene rings is 2. The molecule has 1 aliphatic rings. The summed E-state index contributed by atoms with van der Waals surface area (Å²) in [5, 5.41) is 5.55. The summed E-state index contributed by atoms with van der Waals surface area (Å²) in [5.74, 6) is 0.218. The third kappa shape index (κ3) is 2.22. The van der Waals surface area contributed by atoms with E-state index >= 15 is 0 Å². The number of hydrogen-bond donors (Lipinski definition) is 1. The van der Waals surface area contributed by atoms with E-state index in [9.17, 15) is 4.79 Å². The topological polar surface area (TPSA) is 32.3 Å². The minimum absolute atomic E-state index is 0.00465. The number of likely N-dealkylation sites (N-methyl/N-ethyl adjacent to an activating group) is 1. The van der Waals surface area contributed by atoms with Gasteiger partial charge in [-0.2, -0.15) is 0 Å². The van der Waals surface area contributed by atoms with Gasteiger partial charge in [0.2, 0.25) is 5.91 Å². The van der Waals surface area contributed by atoms with Crippen LogP contribution in [-0.2, 0) is 11.3 Å². The van der Waals surface area contributed by atoms with E-state index in [-0.39, 0.29) is 11.9 Å². The van der Waals surface area contributed by atoms with Crippen LogP contribution in [0.1, 0.15) is 12.0 Å². The van der Waals surface area contributed by atoms with E-state index in [1.54, 1.807) is 0 Å². The molecule has 0 saturated carbocycles. The monoisotopic (exact) mass is 254 g/mol. The molecule has 0 aliphatic carbocycles. The summed E-state index contributed by atoms with van der Waals surface area (Å²) in [6.45, 7) is 1.55. The standard InChI is InChI=1S/C16H18N2O/c1-17-15-9-10-18(16(15)19)11-13-7-4-6-12-5-2-3-8-14(12)13/h2-8,15,17H,9-11H2,1H3. The van der Waals surface area contributed by atoms with E-state index in [4.69, 9.17) is 0 Å². The molecule has 2 aromatic carbocycles. The molecule has 1 amide bonds. The summed E-state index contributed by atoms with van der Waals surface area (Å²) >= 11 is 0. The molecule has 1 N–H and O–H groups in total. The zero-order chi connectivity index (χ0) is 13.2. The van der Waals surface area contributed by atoms with Crippen molar-refractivity contribution in [1.29, 1.82) is 0 Å². The van der Waals surface area contributed by atoms with Gasteiger partial charge in [-0.3, -0.25) is 4.79 Å². The first-order chi connectivity index (χ1) is 9.29. The summed E-state index contributed by atoms with van der Waals surface area (Å²) < 4.78 is 0. The minimum atomic E-state index is -0.00465. The zero-order valence-corrected chi connectivity index (χ0v) is 11.1. The smallest absolute Gasteiger partial charge is 0.240 e. The highest BCUT2D eigenvalue weighted by atomic mass is 16.2. The van der Waals surface area contributed by atoms with Gasteiger partial charge in [0.1, 0.15) is 0 Å². The third-order valence-corrected chi connectivity index (χ3v) is 3.89. The summed E-state index contributed by atoms with van der Waals surface area (Å²) in [4.78, 5) is 14.1. The molecule has 2 aromatic rings. The van der Waals surface area contributed by atoms with Gasteiger partial charge in [0.15, 0.2) is 0 Å². The summed E-state index contributed by atoms with van der Waals surface area (Å²) in [6, 6.07) is 14.6. The molecular formula is C16H18N2O. The van der Waals surface area contributed by atoms with Crippen LogP contribution in [0.4, 0.5) is 0 Å². The number of fused-ring (bicyclic) bond motifs is 1. The lowest BCUT2D eigenvalue weighted by atomic mass is 10.0. The molecule has 3 heteroatoms. The average molecular weight is 254 g/mol. The van der Waals surface area contributed by atoms with Crippen LogP contribution in [0.5, 0.6) is 0 Å². The van der Waals surface area contributed by atoms with Crippen molar-refractivity contribution in [2.75, 3.05) is 13.6 Å². The quantitative estimate of drug-likeness (QED) is 0.910. The maximum absolute atomic E-state index is 12.1. The Bertz CT molecular complexity index is 603. The van der Waals surface area contributed by atoms with Crippen molar-refractivity contribution >= 4 is 16.7 Å². The molecule has 1 unspecified atom stereocenters. The van der Waals surface area contributed by atoms with Gasteiger partial charge in [-0.15, -0.1) is 0 Å². The van der Waals surface area contributed by atoms with Crippen LogP contribution >= 0.6 is 0 Å². The Balaban J connectivity index is 1.88. The minimum Gasteiger partial charge on any atom is -0.337 e. The van der Waals surface area contributed by atoms with E-state index in [2.05, 4.69) is 35.6 Å². The van der Waals surface area contributed by atoms with Crippen LogP contribution in [0.3, 0.4) is 0 Å². The molecule has 0 bridgehead atoms. The fraction of sp³-hybridized carbons (Fsp3) is 0.312. The Kier molecular flexibility index (Phi) is 3.22. The first-order valence-corrected chi connectivity index (χ1v) is 6.72. The summed E-state index contributed by atoms with van der Waals surface area (Å²) in [5.41, 5.74) is 1.23. The SMILES string of the molecule is CNC1CCN(Cc2cccc3ccccc23)C1=O.